The fourth-order valence-electron chi connectivity index (χ4n) is 1.14. The van der Waals surface area contributed by atoms with Crippen molar-refractivity contribution in [3.05, 3.63) is 34.9 Å². The normalized spacial score (nSPS) is 10.2. The summed E-state index contributed by atoms with van der Waals surface area (Å²) in [5, 5.41) is 7.85. The number of halogens is 1. The highest BCUT2D eigenvalue weighted by Gasteiger charge is 1.95. The molecule has 0 saturated carbocycles. The molecule has 0 amide bonds. The summed E-state index contributed by atoms with van der Waals surface area (Å²) >= 11 is 7.64. The molecule has 0 atom stereocenters. The summed E-state index contributed by atoms with van der Waals surface area (Å²) < 4.78 is 0. The molecule has 1 aromatic carbocycles. The van der Waals surface area contributed by atoms with Gasteiger partial charge in [0, 0.05) is 17.2 Å². The summed E-state index contributed by atoms with van der Waals surface area (Å²) in [7, 11) is 0. The first-order valence-electron chi connectivity index (χ1n) is 4.83. The van der Waals surface area contributed by atoms with Crippen molar-refractivity contribution < 1.29 is 0 Å². The van der Waals surface area contributed by atoms with Gasteiger partial charge in [-0.25, -0.2) is 0 Å². The van der Waals surface area contributed by atoms with Crippen LogP contribution in [0.25, 0.3) is 0 Å². The van der Waals surface area contributed by atoms with E-state index in [1.165, 1.54) is 5.56 Å². The molecule has 15 heavy (non-hydrogen) atoms. The molecule has 4 heteroatoms. The van der Waals surface area contributed by atoms with Crippen LogP contribution in [0.5, 0.6) is 0 Å². The van der Waals surface area contributed by atoms with Crippen molar-refractivity contribution in [1.82, 2.24) is 0 Å². The van der Waals surface area contributed by atoms with Gasteiger partial charge in [-0.1, -0.05) is 23.7 Å². The van der Waals surface area contributed by atoms with Crippen molar-refractivity contribution >= 4 is 29.2 Å². The SMILES string of the molecule is N=C(N)CCCSCc1ccc(Cl)cc1. The van der Waals surface area contributed by atoms with E-state index in [4.69, 9.17) is 22.7 Å². The molecule has 82 valence electrons. The average Bonchev–Trinajstić information content (AvgIpc) is 2.20. The summed E-state index contributed by atoms with van der Waals surface area (Å²) in [5.74, 6) is 2.32. The Morgan fingerprint density at radius 1 is 1.33 bits per heavy atom. The molecular formula is C11H15ClN2S. The molecular weight excluding hydrogens is 228 g/mol. The second-order valence-corrected chi connectivity index (χ2v) is 4.85. The van der Waals surface area contributed by atoms with Gasteiger partial charge in [-0.2, -0.15) is 11.8 Å². The zero-order chi connectivity index (χ0) is 11.1. The van der Waals surface area contributed by atoms with E-state index in [0.717, 1.165) is 22.9 Å². The molecule has 1 rings (SSSR count). The number of hydrogen-bond donors (Lipinski definition) is 2. The van der Waals surface area contributed by atoms with Crippen LogP contribution in [0.4, 0.5) is 0 Å². The first-order valence-corrected chi connectivity index (χ1v) is 6.37. The maximum absolute atomic E-state index is 7.07. The fourth-order valence-corrected chi connectivity index (χ4v) is 2.18. The van der Waals surface area contributed by atoms with Gasteiger partial charge < -0.3 is 5.73 Å². The standard InChI is InChI=1S/C11H15ClN2S/c12-10-5-3-9(4-6-10)8-15-7-1-2-11(13)14/h3-6H,1-2,7-8H2,(H3,13,14). The lowest BCUT2D eigenvalue weighted by molar-refractivity contribution is 0.988. The zero-order valence-corrected chi connectivity index (χ0v) is 10.1. The number of hydrogen-bond acceptors (Lipinski definition) is 2. The van der Waals surface area contributed by atoms with Gasteiger partial charge in [-0.05, 0) is 29.9 Å². The smallest absolute Gasteiger partial charge is 0.0905 e. The van der Waals surface area contributed by atoms with Crippen molar-refractivity contribution in [3.8, 4) is 0 Å². The Bertz CT molecular complexity index is 311. The maximum Gasteiger partial charge on any atom is 0.0905 e. The van der Waals surface area contributed by atoms with Crippen LogP contribution in [-0.4, -0.2) is 11.6 Å². The Labute approximate surface area is 99.7 Å². The minimum absolute atomic E-state index is 0.280. The van der Waals surface area contributed by atoms with Gasteiger partial charge in [-0.3, -0.25) is 5.41 Å². The number of rotatable bonds is 6. The first-order chi connectivity index (χ1) is 7.18. The lowest BCUT2D eigenvalue weighted by Crippen LogP contribution is -2.08. The predicted octanol–water partition coefficient (Wildman–Crippen LogP) is 3.29. The molecule has 0 unspecified atom stereocenters. The molecule has 0 fully saturated rings. The topological polar surface area (TPSA) is 49.9 Å². The Hall–Kier alpha value is -0.670. The number of nitrogens with one attached hydrogen (secondary N) is 1. The van der Waals surface area contributed by atoms with E-state index in [-0.39, 0.29) is 5.84 Å². The lowest BCUT2D eigenvalue weighted by Gasteiger charge is -2.01. The molecule has 0 aliphatic heterocycles. The van der Waals surface area contributed by atoms with Gasteiger partial charge in [-0.15, -0.1) is 0 Å². The van der Waals surface area contributed by atoms with E-state index in [9.17, 15) is 0 Å². The van der Waals surface area contributed by atoms with Crippen molar-refractivity contribution in [3.63, 3.8) is 0 Å². The Balaban J connectivity index is 2.15. The third-order valence-electron chi connectivity index (χ3n) is 1.92. The molecule has 0 aromatic heterocycles. The van der Waals surface area contributed by atoms with Gasteiger partial charge in [0.15, 0.2) is 0 Å². The summed E-state index contributed by atoms with van der Waals surface area (Å²) in [6.45, 7) is 0. The number of nitrogens with two attached hydrogens (primary N) is 1. The summed E-state index contributed by atoms with van der Waals surface area (Å²) in [6, 6.07) is 7.90. The van der Waals surface area contributed by atoms with Crippen LogP contribution in [-0.2, 0) is 5.75 Å². The van der Waals surface area contributed by atoms with Crippen LogP contribution in [0.1, 0.15) is 18.4 Å². The average molecular weight is 243 g/mol. The van der Waals surface area contributed by atoms with Crippen molar-refractivity contribution in [2.24, 2.45) is 5.73 Å². The molecule has 0 bridgehead atoms. The van der Waals surface area contributed by atoms with Crippen molar-refractivity contribution in [1.29, 1.82) is 5.41 Å². The van der Waals surface area contributed by atoms with E-state index in [1.54, 1.807) is 0 Å². The number of thioether (sulfide) groups is 1. The maximum atomic E-state index is 7.07. The zero-order valence-electron chi connectivity index (χ0n) is 8.50. The Morgan fingerprint density at radius 2 is 2.00 bits per heavy atom. The van der Waals surface area contributed by atoms with Gasteiger partial charge in [0.05, 0.1) is 5.84 Å². The minimum atomic E-state index is 0.280. The second-order valence-electron chi connectivity index (χ2n) is 3.31. The van der Waals surface area contributed by atoms with E-state index < -0.39 is 0 Å². The lowest BCUT2D eigenvalue weighted by atomic mass is 10.2. The Morgan fingerprint density at radius 3 is 2.60 bits per heavy atom. The van der Waals surface area contributed by atoms with E-state index in [2.05, 4.69) is 0 Å². The van der Waals surface area contributed by atoms with Gasteiger partial charge in [0.2, 0.25) is 0 Å². The summed E-state index contributed by atoms with van der Waals surface area (Å²) in [6.07, 6.45) is 1.68. The molecule has 0 radical (unpaired) electrons. The molecule has 3 N–H and O–H groups in total. The van der Waals surface area contributed by atoms with E-state index in [0.29, 0.717) is 6.42 Å². The molecule has 2 nitrogen and oxygen atoms in total. The second kappa shape index (κ2) is 6.75. The van der Waals surface area contributed by atoms with Crippen molar-refractivity contribution in [2.45, 2.75) is 18.6 Å². The highest BCUT2D eigenvalue weighted by molar-refractivity contribution is 7.98. The van der Waals surface area contributed by atoms with Gasteiger partial charge >= 0.3 is 0 Å². The van der Waals surface area contributed by atoms with Crippen LogP contribution in [0.2, 0.25) is 5.02 Å². The fraction of sp³-hybridized carbons (Fsp3) is 0.364. The van der Waals surface area contributed by atoms with Crippen LogP contribution >= 0.6 is 23.4 Å². The molecule has 0 saturated heterocycles. The largest absolute Gasteiger partial charge is 0.388 e. The van der Waals surface area contributed by atoms with E-state index >= 15 is 0 Å². The third-order valence-corrected chi connectivity index (χ3v) is 3.28. The summed E-state index contributed by atoms with van der Waals surface area (Å²) in [4.78, 5) is 0. The quantitative estimate of drug-likeness (QED) is 0.457. The number of benzene rings is 1. The molecule has 0 aliphatic rings. The Kier molecular flexibility index (Phi) is 5.58. The van der Waals surface area contributed by atoms with Crippen LogP contribution < -0.4 is 5.73 Å². The first kappa shape index (κ1) is 12.4. The van der Waals surface area contributed by atoms with Crippen LogP contribution in [0.3, 0.4) is 0 Å². The molecule has 0 aliphatic carbocycles. The monoisotopic (exact) mass is 242 g/mol. The van der Waals surface area contributed by atoms with Gasteiger partial charge in [0.25, 0.3) is 0 Å². The molecule has 0 heterocycles. The summed E-state index contributed by atoms with van der Waals surface area (Å²) in [5.41, 5.74) is 6.55. The highest BCUT2D eigenvalue weighted by Crippen LogP contribution is 2.16. The number of amidine groups is 1. The molecule has 1 aromatic rings. The van der Waals surface area contributed by atoms with Crippen molar-refractivity contribution in [2.75, 3.05) is 5.75 Å². The van der Waals surface area contributed by atoms with Crippen LogP contribution in [0.15, 0.2) is 24.3 Å². The predicted molar refractivity (Wildman–Crippen MR) is 68.8 cm³/mol. The minimum Gasteiger partial charge on any atom is -0.388 e. The van der Waals surface area contributed by atoms with Gasteiger partial charge in [0.1, 0.15) is 0 Å². The highest BCUT2D eigenvalue weighted by atomic mass is 35.5. The van der Waals surface area contributed by atoms with Crippen LogP contribution in [0, 0.1) is 5.41 Å². The van der Waals surface area contributed by atoms with E-state index in [1.807, 2.05) is 36.0 Å². The molecule has 0 spiro atoms. The third kappa shape index (κ3) is 5.70.